The highest BCUT2D eigenvalue weighted by Gasteiger charge is 2.32. The predicted molar refractivity (Wildman–Crippen MR) is 102 cm³/mol. The van der Waals surface area contributed by atoms with Crippen molar-refractivity contribution in [2.45, 2.75) is 51.4 Å². The third kappa shape index (κ3) is 6.48. The zero-order valence-electron chi connectivity index (χ0n) is 14.2. The van der Waals surface area contributed by atoms with Gasteiger partial charge in [0.15, 0.2) is 0 Å². The molecule has 2 atom stereocenters. The van der Waals surface area contributed by atoms with Gasteiger partial charge in [-0.05, 0) is 42.9 Å². The van der Waals surface area contributed by atoms with Crippen molar-refractivity contribution in [2.75, 3.05) is 0 Å². The molecule has 5 heteroatoms. The highest BCUT2D eigenvalue weighted by molar-refractivity contribution is 6.42. The number of ketones is 1. The molecular formula is C20H24Cl2O3. The van der Waals surface area contributed by atoms with Crippen molar-refractivity contribution in [3.63, 3.8) is 0 Å². The van der Waals surface area contributed by atoms with E-state index in [1.807, 2.05) is 18.2 Å². The van der Waals surface area contributed by atoms with Gasteiger partial charge >= 0.3 is 5.97 Å². The molecular weight excluding hydrogens is 359 g/mol. The lowest BCUT2D eigenvalue weighted by molar-refractivity contribution is -0.137. The van der Waals surface area contributed by atoms with Crippen LogP contribution in [0.5, 0.6) is 0 Å². The van der Waals surface area contributed by atoms with Crippen LogP contribution >= 0.6 is 23.2 Å². The lowest BCUT2D eigenvalue weighted by Crippen LogP contribution is -2.13. The second-order valence-electron chi connectivity index (χ2n) is 6.65. The number of aliphatic carboxylic acids is 1. The third-order valence-corrected chi connectivity index (χ3v) is 5.53. The maximum Gasteiger partial charge on any atom is 0.303 e. The van der Waals surface area contributed by atoms with E-state index in [9.17, 15) is 9.59 Å². The first-order valence-corrected chi connectivity index (χ1v) is 9.60. The van der Waals surface area contributed by atoms with E-state index in [1.165, 1.54) is 0 Å². The lowest BCUT2D eigenvalue weighted by Gasteiger charge is -2.14. The van der Waals surface area contributed by atoms with Crippen LogP contribution in [-0.4, -0.2) is 16.9 Å². The Labute approximate surface area is 159 Å². The second-order valence-corrected chi connectivity index (χ2v) is 7.47. The molecule has 0 bridgehead atoms. The van der Waals surface area contributed by atoms with E-state index >= 15 is 0 Å². The fourth-order valence-electron chi connectivity index (χ4n) is 3.38. The van der Waals surface area contributed by atoms with Crippen molar-refractivity contribution in [1.29, 1.82) is 0 Å². The quantitative estimate of drug-likeness (QED) is 0.530. The van der Waals surface area contributed by atoms with Gasteiger partial charge in [0.1, 0.15) is 5.78 Å². The summed E-state index contributed by atoms with van der Waals surface area (Å²) in [6.45, 7) is 0. The Morgan fingerprint density at radius 2 is 1.92 bits per heavy atom. The molecule has 0 amide bonds. The van der Waals surface area contributed by atoms with Crippen LogP contribution in [0.1, 0.15) is 56.9 Å². The van der Waals surface area contributed by atoms with Crippen molar-refractivity contribution in [3.05, 3.63) is 39.9 Å². The predicted octanol–water partition coefficient (Wildman–Crippen LogP) is 6.03. The van der Waals surface area contributed by atoms with Crippen LogP contribution in [0.25, 0.3) is 6.08 Å². The number of rotatable bonds is 9. The Kier molecular flexibility index (Phi) is 7.98. The SMILES string of the molecule is O=C(O)CCCCCC[C@@H]1C(=O)CC[C@H]1C=Cc1ccc(Cl)c(Cl)c1. The first-order valence-electron chi connectivity index (χ1n) is 8.85. The van der Waals surface area contributed by atoms with Crippen molar-refractivity contribution >= 4 is 41.0 Å². The molecule has 1 saturated carbocycles. The van der Waals surface area contributed by atoms with Gasteiger partial charge in [-0.2, -0.15) is 0 Å². The standard InChI is InChI=1S/C20H24Cl2O3/c21-17-11-8-14(13-18(17)22)7-9-15-10-12-19(23)16(15)5-3-1-2-4-6-20(24)25/h7-9,11,13,15-16H,1-6,10,12H2,(H,24,25)/t15-,16+/m1/s1. The molecule has 3 nitrogen and oxygen atoms in total. The second kappa shape index (κ2) is 9.98. The average Bonchev–Trinajstić information content (AvgIpc) is 2.92. The van der Waals surface area contributed by atoms with Crippen LogP contribution in [-0.2, 0) is 9.59 Å². The van der Waals surface area contributed by atoms with Gasteiger partial charge in [0.05, 0.1) is 10.0 Å². The molecule has 0 unspecified atom stereocenters. The molecule has 0 spiro atoms. The van der Waals surface area contributed by atoms with Crippen LogP contribution in [0.15, 0.2) is 24.3 Å². The number of hydrogen-bond donors (Lipinski definition) is 1. The number of unbranched alkanes of at least 4 members (excludes halogenated alkanes) is 3. The Morgan fingerprint density at radius 1 is 1.16 bits per heavy atom. The first kappa shape index (κ1) is 20.0. The fraction of sp³-hybridized carbons (Fsp3) is 0.500. The minimum absolute atomic E-state index is 0.0958. The van der Waals surface area contributed by atoms with Gasteiger partial charge in [-0.3, -0.25) is 9.59 Å². The van der Waals surface area contributed by atoms with Gasteiger partial charge in [-0.1, -0.05) is 60.7 Å². The molecule has 0 heterocycles. The third-order valence-electron chi connectivity index (χ3n) is 4.79. The highest BCUT2D eigenvalue weighted by atomic mass is 35.5. The first-order chi connectivity index (χ1) is 12.0. The largest absolute Gasteiger partial charge is 0.481 e. The molecule has 0 radical (unpaired) electrons. The molecule has 0 aliphatic heterocycles. The van der Waals surface area contributed by atoms with Crippen LogP contribution < -0.4 is 0 Å². The Bertz CT molecular complexity index is 640. The van der Waals surface area contributed by atoms with E-state index in [4.69, 9.17) is 28.3 Å². The maximum absolute atomic E-state index is 12.2. The van der Waals surface area contributed by atoms with Gasteiger partial charge < -0.3 is 5.11 Å². The summed E-state index contributed by atoms with van der Waals surface area (Å²) in [5.74, 6) is -0.00716. The van der Waals surface area contributed by atoms with E-state index in [0.29, 0.717) is 28.7 Å². The summed E-state index contributed by atoms with van der Waals surface area (Å²) in [5, 5.41) is 9.70. The molecule has 2 rings (SSSR count). The number of benzene rings is 1. The van der Waals surface area contributed by atoms with Crippen molar-refractivity contribution < 1.29 is 14.7 Å². The van der Waals surface area contributed by atoms with E-state index in [-0.39, 0.29) is 18.3 Å². The highest BCUT2D eigenvalue weighted by Crippen LogP contribution is 2.34. The fourth-order valence-corrected chi connectivity index (χ4v) is 3.69. The summed E-state index contributed by atoms with van der Waals surface area (Å²) in [4.78, 5) is 22.6. The summed E-state index contributed by atoms with van der Waals surface area (Å²) in [7, 11) is 0. The average molecular weight is 383 g/mol. The van der Waals surface area contributed by atoms with Gasteiger partial charge in [0.25, 0.3) is 0 Å². The minimum Gasteiger partial charge on any atom is -0.481 e. The molecule has 0 aromatic heterocycles. The van der Waals surface area contributed by atoms with Crippen LogP contribution in [0.3, 0.4) is 0 Å². The number of hydrogen-bond acceptors (Lipinski definition) is 2. The topological polar surface area (TPSA) is 54.4 Å². The molecule has 1 aliphatic rings. The molecule has 136 valence electrons. The number of carbonyl (C=O) groups excluding carboxylic acids is 1. The zero-order chi connectivity index (χ0) is 18.2. The number of carboxylic acid groups (broad SMARTS) is 1. The molecule has 1 aromatic carbocycles. The van der Waals surface area contributed by atoms with Crippen molar-refractivity contribution in [1.82, 2.24) is 0 Å². The summed E-state index contributed by atoms with van der Waals surface area (Å²) in [6.07, 6.45) is 10.4. The molecule has 1 fully saturated rings. The summed E-state index contributed by atoms with van der Waals surface area (Å²) in [5.41, 5.74) is 0.987. The number of halogens is 2. The van der Waals surface area contributed by atoms with Crippen molar-refractivity contribution in [3.8, 4) is 0 Å². The summed E-state index contributed by atoms with van der Waals surface area (Å²) in [6, 6.07) is 5.52. The Balaban J connectivity index is 1.82. The van der Waals surface area contributed by atoms with Crippen LogP contribution in [0.4, 0.5) is 0 Å². The van der Waals surface area contributed by atoms with Gasteiger partial charge in [-0.15, -0.1) is 0 Å². The molecule has 0 saturated heterocycles. The minimum atomic E-state index is -0.738. The molecule has 1 N–H and O–H groups in total. The summed E-state index contributed by atoms with van der Waals surface area (Å²) < 4.78 is 0. The van der Waals surface area contributed by atoms with E-state index in [1.54, 1.807) is 6.07 Å². The van der Waals surface area contributed by atoms with E-state index in [0.717, 1.165) is 37.7 Å². The summed E-state index contributed by atoms with van der Waals surface area (Å²) >= 11 is 12.0. The molecule has 1 aromatic rings. The zero-order valence-corrected chi connectivity index (χ0v) is 15.7. The molecule has 1 aliphatic carbocycles. The monoisotopic (exact) mass is 382 g/mol. The van der Waals surface area contributed by atoms with Crippen molar-refractivity contribution in [2.24, 2.45) is 11.8 Å². The van der Waals surface area contributed by atoms with Gasteiger partial charge in [0, 0.05) is 18.8 Å². The Hall–Kier alpha value is -1.32. The van der Waals surface area contributed by atoms with E-state index < -0.39 is 5.97 Å². The van der Waals surface area contributed by atoms with E-state index in [2.05, 4.69) is 6.08 Å². The number of carboxylic acids is 1. The number of carbonyl (C=O) groups is 2. The number of Topliss-reactive ketones (excluding diaryl/α,β-unsaturated/α-hetero) is 1. The number of allylic oxidation sites excluding steroid dienone is 1. The normalized spacial score (nSPS) is 20.5. The van der Waals surface area contributed by atoms with Crippen LogP contribution in [0, 0.1) is 11.8 Å². The van der Waals surface area contributed by atoms with Gasteiger partial charge in [-0.25, -0.2) is 0 Å². The van der Waals surface area contributed by atoms with Gasteiger partial charge in [0.2, 0.25) is 0 Å². The molecule has 25 heavy (non-hydrogen) atoms. The smallest absolute Gasteiger partial charge is 0.303 e. The Morgan fingerprint density at radius 3 is 2.64 bits per heavy atom. The van der Waals surface area contributed by atoms with Crippen LogP contribution in [0.2, 0.25) is 10.0 Å². The lowest BCUT2D eigenvalue weighted by atomic mass is 9.89. The maximum atomic E-state index is 12.2.